The fourth-order valence-electron chi connectivity index (χ4n) is 1.17. The van der Waals surface area contributed by atoms with Gasteiger partial charge in [0, 0.05) is 0 Å². The molecule has 0 saturated carbocycles. The largest absolute Gasteiger partial charge is 0.420 e. The van der Waals surface area contributed by atoms with E-state index >= 15 is 0 Å². The van der Waals surface area contributed by atoms with Crippen LogP contribution < -0.4 is 10.5 Å². The van der Waals surface area contributed by atoms with Crippen molar-refractivity contribution in [1.82, 2.24) is 0 Å². The Kier molecular flexibility index (Phi) is 2.87. The van der Waals surface area contributed by atoms with Crippen LogP contribution in [0.4, 0.5) is 9.39 Å². The molecule has 1 aromatic carbocycles. The van der Waals surface area contributed by atoms with Crippen molar-refractivity contribution in [3.63, 3.8) is 0 Å². The van der Waals surface area contributed by atoms with E-state index in [0.717, 1.165) is 0 Å². The standard InChI is InChI=1S/C11H8FNO2S/c12-8-3-1-2-4-9(8)15-11(14)7-5-6-16-10(7)13/h1-6H,13H2. The summed E-state index contributed by atoms with van der Waals surface area (Å²) in [4.78, 5) is 11.6. The van der Waals surface area contributed by atoms with Gasteiger partial charge in [-0.05, 0) is 23.6 Å². The highest BCUT2D eigenvalue weighted by Crippen LogP contribution is 2.22. The van der Waals surface area contributed by atoms with Crippen LogP contribution in [0.3, 0.4) is 0 Å². The Bertz CT molecular complexity index is 524. The molecule has 0 aliphatic heterocycles. The van der Waals surface area contributed by atoms with E-state index in [1.165, 1.54) is 29.5 Å². The number of ether oxygens (including phenoxy) is 1. The molecular weight excluding hydrogens is 229 g/mol. The van der Waals surface area contributed by atoms with Gasteiger partial charge in [0.15, 0.2) is 11.6 Å². The summed E-state index contributed by atoms with van der Waals surface area (Å²) < 4.78 is 18.1. The molecule has 0 fully saturated rings. The highest BCUT2D eigenvalue weighted by Gasteiger charge is 2.14. The number of halogens is 1. The molecule has 0 amide bonds. The van der Waals surface area contributed by atoms with Crippen LogP contribution in [-0.2, 0) is 0 Å². The lowest BCUT2D eigenvalue weighted by Crippen LogP contribution is -2.10. The zero-order valence-corrected chi connectivity index (χ0v) is 8.96. The highest BCUT2D eigenvalue weighted by atomic mass is 32.1. The van der Waals surface area contributed by atoms with Crippen molar-refractivity contribution >= 4 is 22.3 Å². The molecule has 5 heteroatoms. The summed E-state index contributed by atoms with van der Waals surface area (Å²) in [7, 11) is 0. The second-order valence-electron chi connectivity index (χ2n) is 3.02. The summed E-state index contributed by atoms with van der Waals surface area (Å²) in [5.74, 6) is -1.33. The van der Waals surface area contributed by atoms with Gasteiger partial charge in [0.1, 0.15) is 5.00 Å². The van der Waals surface area contributed by atoms with Crippen LogP contribution in [0.25, 0.3) is 0 Å². The van der Waals surface area contributed by atoms with Crippen molar-refractivity contribution in [1.29, 1.82) is 0 Å². The normalized spacial score (nSPS) is 10.1. The van der Waals surface area contributed by atoms with Crippen molar-refractivity contribution in [2.24, 2.45) is 0 Å². The summed E-state index contributed by atoms with van der Waals surface area (Å²) in [6.07, 6.45) is 0. The van der Waals surface area contributed by atoms with E-state index in [2.05, 4.69) is 0 Å². The number of para-hydroxylation sites is 1. The van der Waals surface area contributed by atoms with E-state index in [1.807, 2.05) is 0 Å². The number of carbonyl (C=O) groups excluding carboxylic acids is 1. The van der Waals surface area contributed by atoms with Crippen LogP contribution in [0.5, 0.6) is 5.75 Å². The van der Waals surface area contributed by atoms with Crippen molar-refractivity contribution in [2.45, 2.75) is 0 Å². The van der Waals surface area contributed by atoms with Crippen molar-refractivity contribution in [2.75, 3.05) is 5.73 Å². The van der Waals surface area contributed by atoms with Gasteiger partial charge in [-0.25, -0.2) is 9.18 Å². The topological polar surface area (TPSA) is 52.3 Å². The first-order valence-electron chi connectivity index (χ1n) is 4.48. The third-order valence-electron chi connectivity index (χ3n) is 1.95. The first kappa shape index (κ1) is 10.6. The molecule has 3 nitrogen and oxygen atoms in total. The average molecular weight is 237 g/mol. The van der Waals surface area contributed by atoms with Crippen LogP contribution in [0.2, 0.25) is 0 Å². The van der Waals surface area contributed by atoms with Gasteiger partial charge in [0.05, 0.1) is 5.56 Å². The predicted molar refractivity (Wildman–Crippen MR) is 60.1 cm³/mol. The van der Waals surface area contributed by atoms with Crippen LogP contribution in [0.1, 0.15) is 10.4 Å². The molecule has 2 N–H and O–H groups in total. The minimum Gasteiger partial charge on any atom is -0.420 e. The molecule has 82 valence electrons. The number of carbonyl (C=O) groups is 1. The number of nitrogen functional groups attached to an aromatic ring is 1. The maximum atomic E-state index is 13.2. The van der Waals surface area contributed by atoms with Crippen LogP contribution in [0.15, 0.2) is 35.7 Å². The van der Waals surface area contributed by atoms with E-state index in [0.29, 0.717) is 5.00 Å². The number of anilines is 1. The average Bonchev–Trinajstić information content (AvgIpc) is 2.68. The van der Waals surface area contributed by atoms with Crippen LogP contribution in [-0.4, -0.2) is 5.97 Å². The van der Waals surface area contributed by atoms with Gasteiger partial charge in [-0.15, -0.1) is 11.3 Å². The van der Waals surface area contributed by atoms with Gasteiger partial charge in [0.2, 0.25) is 0 Å². The molecule has 0 radical (unpaired) electrons. The summed E-state index contributed by atoms with van der Waals surface area (Å²) in [6.45, 7) is 0. The Morgan fingerprint density at radius 1 is 1.31 bits per heavy atom. The molecule has 0 saturated heterocycles. The molecule has 0 spiro atoms. The van der Waals surface area contributed by atoms with Crippen molar-refractivity contribution < 1.29 is 13.9 Å². The molecule has 0 aliphatic carbocycles. The van der Waals surface area contributed by atoms with Crippen LogP contribution >= 0.6 is 11.3 Å². The monoisotopic (exact) mass is 237 g/mol. The minimum absolute atomic E-state index is 0.0990. The summed E-state index contributed by atoms with van der Waals surface area (Å²) in [5.41, 5.74) is 5.81. The number of hydrogen-bond donors (Lipinski definition) is 1. The lowest BCUT2D eigenvalue weighted by atomic mass is 10.3. The Balaban J connectivity index is 2.21. The Hall–Kier alpha value is -1.88. The fraction of sp³-hybridized carbons (Fsp3) is 0. The number of nitrogens with two attached hydrogens (primary N) is 1. The summed E-state index contributed by atoms with van der Waals surface area (Å²) >= 11 is 1.23. The van der Waals surface area contributed by atoms with E-state index in [1.54, 1.807) is 17.5 Å². The molecule has 1 aromatic heterocycles. The second-order valence-corrected chi connectivity index (χ2v) is 3.97. The minimum atomic E-state index is -0.649. The first-order chi connectivity index (χ1) is 7.68. The van der Waals surface area contributed by atoms with Gasteiger partial charge in [-0.2, -0.15) is 0 Å². The van der Waals surface area contributed by atoms with Gasteiger partial charge < -0.3 is 10.5 Å². The Morgan fingerprint density at radius 2 is 2.06 bits per heavy atom. The van der Waals surface area contributed by atoms with Gasteiger partial charge >= 0.3 is 5.97 Å². The van der Waals surface area contributed by atoms with E-state index < -0.39 is 11.8 Å². The lowest BCUT2D eigenvalue weighted by Gasteiger charge is -2.04. The number of thiophene rings is 1. The van der Waals surface area contributed by atoms with E-state index in [-0.39, 0.29) is 11.3 Å². The van der Waals surface area contributed by atoms with E-state index in [9.17, 15) is 9.18 Å². The number of rotatable bonds is 2. The van der Waals surface area contributed by atoms with Gasteiger partial charge in [-0.3, -0.25) is 0 Å². The molecule has 0 aliphatic rings. The number of esters is 1. The Morgan fingerprint density at radius 3 is 2.69 bits per heavy atom. The molecule has 2 rings (SSSR count). The number of benzene rings is 1. The quantitative estimate of drug-likeness (QED) is 0.645. The van der Waals surface area contributed by atoms with Crippen molar-refractivity contribution in [3.8, 4) is 5.75 Å². The SMILES string of the molecule is Nc1sccc1C(=O)Oc1ccccc1F. The summed E-state index contributed by atoms with van der Waals surface area (Å²) in [6, 6.07) is 7.26. The Labute approximate surface area is 95.3 Å². The second kappa shape index (κ2) is 4.32. The zero-order chi connectivity index (χ0) is 11.5. The zero-order valence-electron chi connectivity index (χ0n) is 8.14. The van der Waals surface area contributed by atoms with Gasteiger partial charge in [-0.1, -0.05) is 12.1 Å². The third-order valence-corrected chi connectivity index (χ3v) is 2.70. The molecule has 16 heavy (non-hydrogen) atoms. The molecule has 0 bridgehead atoms. The fourth-order valence-corrected chi connectivity index (χ4v) is 1.80. The molecule has 2 aromatic rings. The molecule has 0 atom stereocenters. The molecular formula is C11H8FNO2S. The molecule has 0 unspecified atom stereocenters. The van der Waals surface area contributed by atoms with E-state index in [4.69, 9.17) is 10.5 Å². The predicted octanol–water partition coefficient (Wildman–Crippen LogP) is 2.69. The third kappa shape index (κ3) is 2.04. The molecule has 1 heterocycles. The summed E-state index contributed by atoms with van der Waals surface area (Å²) in [5, 5.41) is 2.04. The maximum Gasteiger partial charge on any atom is 0.346 e. The first-order valence-corrected chi connectivity index (χ1v) is 5.36. The van der Waals surface area contributed by atoms with Crippen LogP contribution in [0, 0.1) is 5.82 Å². The number of hydrogen-bond acceptors (Lipinski definition) is 4. The van der Waals surface area contributed by atoms with Crippen molar-refractivity contribution in [3.05, 3.63) is 47.1 Å². The maximum absolute atomic E-state index is 13.2. The lowest BCUT2D eigenvalue weighted by molar-refractivity contribution is 0.0729. The smallest absolute Gasteiger partial charge is 0.346 e. The van der Waals surface area contributed by atoms with Gasteiger partial charge in [0.25, 0.3) is 0 Å². The highest BCUT2D eigenvalue weighted by molar-refractivity contribution is 7.14.